The summed E-state index contributed by atoms with van der Waals surface area (Å²) in [6.45, 7) is 1.84. The molecule has 12 heteroatoms. The first-order chi connectivity index (χ1) is 20.1. The number of fused-ring (bicyclic) bond motifs is 1. The fourth-order valence-corrected chi connectivity index (χ4v) is 5.72. The van der Waals surface area contributed by atoms with Crippen molar-refractivity contribution in [3.63, 3.8) is 0 Å². The fourth-order valence-electron chi connectivity index (χ4n) is 5.20. The summed E-state index contributed by atoms with van der Waals surface area (Å²) in [5.41, 5.74) is 1.52. The standard InChI is InChI=1S/C30H22Cl2N4O6/c1-18-15-28(34(19-7-3-2-4-8-19)30(38)23-14-12-21(36(41)42)17-26(23)32)24-9-5-6-10-27(24)33(18)29(37)22-13-11-20(35(39)40)16-25(22)31/h2-14,16-18,28H,15H2,1H3. The number of hydrogen-bond acceptors (Lipinski definition) is 6. The van der Waals surface area contributed by atoms with Gasteiger partial charge in [-0.15, -0.1) is 0 Å². The summed E-state index contributed by atoms with van der Waals surface area (Å²) < 4.78 is 0. The van der Waals surface area contributed by atoms with Crippen molar-refractivity contribution in [3.05, 3.63) is 138 Å². The third kappa shape index (κ3) is 5.29. The zero-order valence-corrected chi connectivity index (χ0v) is 23.5. The monoisotopic (exact) mass is 604 g/mol. The number of rotatable bonds is 6. The highest BCUT2D eigenvalue weighted by Gasteiger charge is 2.40. The lowest BCUT2D eigenvalue weighted by molar-refractivity contribution is -0.385. The molecule has 0 saturated carbocycles. The molecule has 0 spiro atoms. The van der Waals surface area contributed by atoms with Crippen LogP contribution in [-0.2, 0) is 0 Å². The van der Waals surface area contributed by atoms with Gasteiger partial charge in [0, 0.05) is 41.7 Å². The molecule has 1 heterocycles. The minimum Gasteiger partial charge on any atom is -0.305 e. The Kier molecular flexibility index (Phi) is 7.93. The predicted molar refractivity (Wildman–Crippen MR) is 160 cm³/mol. The van der Waals surface area contributed by atoms with Crippen molar-refractivity contribution in [3.8, 4) is 0 Å². The van der Waals surface area contributed by atoms with Crippen molar-refractivity contribution in [2.75, 3.05) is 9.80 Å². The van der Waals surface area contributed by atoms with E-state index in [1.807, 2.05) is 19.1 Å². The maximum atomic E-state index is 14.2. The summed E-state index contributed by atoms with van der Waals surface area (Å²) in [4.78, 5) is 52.4. The van der Waals surface area contributed by atoms with Gasteiger partial charge in [-0.05, 0) is 49.2 Å². The number of para-hydroxylation sites is 2. The summed E-state index contributed by atoms with van der Waals surface area (Å²) in [5, 5.41) is 22.3. The first-order valence-electron chi connectivity index (χ1n) is 12.8. The number of amides is 2. The number of nitro groups is 2. The Morgan fingerprint density at radius 3 is 1.93 bits per heavy atom. The Morgan fingerprint density at radius 1 is 0.810 bits per heavy atom. The first kappa shape index (κ1) is 28.7. The van der Waals surface area contributed by atoms with Crippen LogP contribution in [0.5, 0.6) is 0 Å². The zero-order valence-electron chi connectivity index (χ0n) is 22.0. The van der Waals surface area contributed by atoms with Crippen molar-refractivity contribution in [2.45, 2.75) is 25.4 Å². The normalized spacial score (nSPS) is 15.9. The molecule has 2 atom stereocenters. The number of hydrogen-bond donors (Lipinski definition) is 0. The maximum absolute atomic E-state index is 14.2. The van der Waals surface area contributed by atoms with Gasteiger partial charge in [0.25, 0.3) is 23.2 Å². The second kappa shape index (κ2) is 11.6. The Labute approximate surface area is 250 Å². The number of anilines is 2. The summed E-state index contributed by atoms with van der Waals surface area (Å²) in [5.74, 6) is -0.907. The molecule has 42 heavy (non-hydrogen) atoms. The number of nitro benzene ring substituents is 2. The molecule has 10 nitrogen and oxygen atoms in total. The smallest absolute Gasteiger partial charge is 0.270 e. The van der Waals surface area contributed by atoms with Gasteiger partial charge in [0.05, 0.1) is 37.1 Å². The zero-order chi connectivity index (χ0) is 30.1. The van der Waals surface area contributed by atoms with Gasteiger partial charge < -0.3 is 9.80 Å². The summed E-state index contributed by atoms with van der Waals surface area (Å²) in [6.07, 6.45) is 0.318. The maximum Gasteiger partial charge on any atom is 0.270 e. The van der Waals surface area contributed by atoms with Crippen LogP contribution < -0.4 is 9.80 Å². The molecule has 0 saturated heterocycles. The highest BCUT2D eigenvalue weighted by Crippen LogP contribution is 2.44. The second-order valence-electron chi connectivity index (χ2n) is 9.69. The second-order valence-corrected chi connectivity index (χ2v) is 10.5. The van der Waals surface area contributed by atoms with E-state index in [2.05, 4.69) is 0 Å². The van der Waals surface area contributed by atoms with Crippen LogP contribution in [0, 0.1) is 20.2 Å². The topological polar surface area (TPSA) is 127 Å². The average Bonchev–Trinajstić information content (AvgIpc) is 2.97. The van der Waals surface area contributed by atoms with Gasteiger partial charge >= 0.3 is 0 Å². The number of non-ortho nitro benzene ring substituents is 2. The quantitative estimate of drug-likeness (QED) is 0.164. The Hall–Kier alpha value is -4.80. The lowest BCUT2D eigenvalue weighted by atomic mass is 9.89. The number of carbonyl (C=O) groups is 2. The molecule has 0 aromatic heterocycles. The largest absolute Gasteiger partial charge is 0.305 e. The molecule has 4 aromatic rings. The Bertz CT molecular complexity index is 1730. The molecule has 2 unspecified atom stereocenters. The van der Waals surface area contributed by atoms with Crippen LogP contribution in [0.2, 0.25) is 10.0 Å². The van der Waals surface area contributed by atoms with Crippen LogP contribution in [0.25, 0.3) is 0 Å². The molecule has 212 valence electrons. The molecule has 2 amide bonds. The number of carbonyl (C=O) groups excluding carboxylic acids is 2. The van der Waals surface area contributed by atoms with Crippen LogP contribution in [-0.4, -0.2) is 27.7 Å². The Morgan fingerprint density at radius 2 is 1.36 bits per heavy atom. The third-order valence-electron chi connectivity index (χ3n) is 7.13. The van der Waals surface area contributed by atoms with Crippen molar-refractivity contribution in [2.24, 2.45) is 0 Å². The molecule has 0 aliphatic carbocycles. The van der Waals surface area contributed by atoms with E-state index in [0.29, 0.717) is 23.4 Å². The molecule has 5 rings (SSSR count). The fraction of sp³-hybridized carbons (Fsp3) is 0.133. The number of benzene rings is 4. The Balaban J connectivity index is 1.60. The average molecular weight is 605 g/mol. The van der Waals surface area contributed by atoms with Crippen LogP contribution in [0.4, 0.5) is 22.7 Å². The minimum absolute atomic E-state index is 0.0464. The van der Waals surface area contributed by atoms with Crippen LogP contribution in [0.1, 0.15) is 45.7 Å². The van der Waals surface area contributed by atoms with Crippen LogP contribution in [0.3, 0.4) is 0 Å². The molecule has 1 aliphatic heterocycles. The van der Waals surface area contributed by atoms with Crippen molar-refractivity contribution in [1.29, 1.82) is 0 Å². The van der Waals surface area contributed by atoms with E-state index in [-0.39, 0.29) is 32.5 Å². The van der Waals surface area contributed by atoms with Crippen LogP contribution >= 0.6 is 23.2 Å². The van der Waals surface area contributed by atoms with Gasteiger partial charge in [-0.2, -0.15) is 0 Å². The number of halogens is 2. The summed E-state index contributed by atoms with van der Waals surface area (Å²) in [6, 6.07) is 22.5. The summed E-state index contributed by atoms with van der Waals surface area (Å²) in [7, 11) is 0. The lowest BCUT2D eigenvalue weighted by Gasteiger charge is -2.43. The minimum atomic E-state index is -0.587. The van der Waals surface area contributed by atoms with Crippen molar-refractivity contribution in [1.82, 2.24) is 0 Å². The van der Waals surface area contributed by atoms with E-state index in [1.54, 1.807) is 52.3 Å². The molecule has 0 fully saturated rings. The SMILES string of the molecule is CC1CC(N(C(=O)c2ccc([N+](=O)[O-])cc2Cl)c2ccccc2)c2ccccc2N1C(=O)c1ccc([N+](=O)[O-])cc1Cl. The van der Waals surface area contributed by atoms with E-state index in [4.69, 9.17) is 23.2 Å². The molecule has 1 aliphatic rings. The van der Waals surface area contributed by atoms with Gasteiger partial charge in [-0.1, -0.05) is 59.6 Å². The van der Waals surface area contributed by atoms with Gasteiger partial charge in [0.2, 0.25) is 0 Å². The van der Waals surface area contributed by atoms with Crippen molar-refractivity contribution < 1.29 is 19.4 Å². The predicted octanol–water partition coefficient (Wildman–Crippen LogP) is 7.64. The number of nitrogens with zero attached hydrogens (tertiary/aromatic N) is 4. The third-order valence-corrected chi connectivity index (χ3v) is 7.76. The van der Waals surface area contributed by atoms with Gasteiger partial charge in [0.1, 0.15) is 0 Å². The highest BCUT2D eigenvalue weighted by molar-refractivity contribution is 6.35. The van der Waals surface area contributed by atoms with Crippen molar-refractivity contribution >= 4 is 57.8 Å². The molecule has 0 radical (unpaired) electrons. The molecule has 4 aromatic carbocycles. The first-order valence-corrected chi connectivity index (χ1v) is 13.5. The van der Waals surface area contributed by atoms with Crippen LogP contribution in [0.15, 0.2) is 91.0 Å². The van der Waals surface area contributed by atoms with Gasteiger partial charge in [0.15, 0.2) is 0 Å². The van der Waals surface area contributed by atoms with E-state index in [1.165, 1.54) is 24.3 Å². The molecular formula is C30H22Cl2N4O6. The van der Waals surface area contributed by atoms with E-state index in [9.17, 15) is 29.8 Å². The van der Waals surface area contributed by atoms with E-state index >= 15 is 0 Å². The lowest BCUT2D eigenvalue weighted by Crippen LogP contribution is -2.48. The van der Waals surface area contributed by atoms with Gasteiger partial charge in [-0.25, -0.2) is 0 Å². The highest BCUT2D eigenvalue weighted by atomic mass is 35.5. The molecule has 0 N–H and O–H groups in total. The van der Waals surface area contributed by atoms with E-state index < -0.39 is 33.7 Å². The van der Waals surface area contributed by atoms with E-state index in [0.717, 1.165) is 12.1 Å². The van der Waals surface area contributed by atoms with Gasteiger partial charge in [-0.3, -0.25) is 29.8 Å². The summed E-state index contributed by atoms with van der Waals surface area (Å²) >= 11 is 12.7. The molecule has 0 bridgehead atoms. The molecular weight excluding hydrogens is 583 g/mol.